The third-order valence-corrected chi connectivity index (χ3v) is 7.38. The molecule has 0 amide bonds. The fourth-order valence-electron chi connectivity index (χ4n) is 5.86. The summed E-state index contributed by atoms with van der Waals surface area (Å²) in [7, 11) is 2.27. The Balaban J connectivity index is 1.53. The molecular weight excluding hydrogens is 379 g/mol. The van der Waals surface area contributed by atoms with Gasteiger partial charge in [-0.25, -0.2) is 4.39 Å². The minimum Gasteiger partial charge on any atom is -0.342 e. The van der Waals surface area contributed by atoms with E-state index < -0.39 is 5.79 Å². The van der Waals surface area contributed by atoms with Crippen molar-refractivity contribution in [1.82, 2.24) is 9.47 Å². The van der Waals surface area contributed by atoms with Crippen LogP contribution in [0.25, 0.3) is 10.9 Å². The summed E-state index contributed by atoms with van der Waals surface area (Å²) in [6, 6.07) is 14.4. The first kappa shape index (κ1) is 18.6. The molecule has 6 rings (SSSR count). The van der Waals surface area contributed by atoms with E-state index in [-0.39, 0.29) is 5.82 Å². The Morgan fingerprint density at radius 2 is 1.83 bits per heavy atom. The first-order chi connectivity index (χ1) is 14.6. The van der Waals surface area contributed by atoms with E-state index in [2.05, 4.69) is 41.6 Å². The quantitative estimate of drug-likeness (QED) is 0.632. The molecular formula is C25H27FN2O2. The molecule has 4 nitrogen and oxygen atoms in total. The first-order valence-corrected chi connectivity index (χ1v) is 10.9. The zero-order valence-electron chi connectivity index (χ0n) is 17.5. The van der Waals surface area contributed by atoms with Crippen molar-refractivity contribution in [2.45, 2.75) is 50.6 Å². The molecule has 0 spiro atoms. The second-order valence-corrected chi connectivity index (χ2v) is 9.04. The Labute approximate surface area is 176 Å². The van der Waals surface area contributed by atoms with Gasteiger partial charge in [0.1, 0.15) is 5.82 Å². The molecule has 156 valence electrons. The molecule has 2 saturated heterocycles. The van der Waals surface area contributed by atoms with E-state index in [9.17, 15) is 4.39 Å². The summed E-state index contributed by atoms with van der Waals surface area (Å²) < 4.78 is 28.4. The average Bonchev–Trinajstić information content (AvgIpc) is 3.38. The van der Waals surface area contributed by atoms with E-state index in [4.69, 9.17) is 9.47 Å². The predicted molar refractivity (Wildman–Crippen MR) is 114 cm³/mol. The molecule has 2 atom stereocenters. The first-order valence-electron chi connectivity index (χ1n) is 10.9. The number of halogens is 1. The Bertz CT molecular complexity index is 1110. The highest BCUT2D eigenvalue weighted by Crippen LogP contribution is 2.48. The minimum atomic E-state index is -0.874. The molecule has 3 aliphatic rings. The highest BCUT2D eigenvalue weighted by atomic mass is 19.1. The molecule has 2 fully saturated rings. The van der Waals surface area contributed by atoms with Gasteiger partial charge in [0.2, 0.25) is 5.79 Å². The van der Waals surface area contributed by atoms with Gasteiger partial charge in [0.25, 0.3) is 0 Å². The molecule has 1 aromatic heterocycles. The van der Waals surface area contributed by atoms with Crippen LogP contribution in [0.5, 0.6) is 0 Å². The topological polar surface area (TPSA) is 26.6 Å². The van der Waals surface area contributed by atoms with Crippen LogP contribution in [0.3, 0.4) is 0 Å². The number of likely N-dealkylation sites (N-methyl/N-ethyl adjacent to an activating group) is 1. The van der Waals surface area contributed by atoms with E-state index >= 15 is 0 Å². The van der Waals surface area contributed by atoms with E-state index in [0.29, 0.717) is 31.8 Å². The van der Waals surface area contributed by atoms with Crippen LogP contribution >= 0.6 is 0 Å². The van der Waals surface area contributed by atoms with E-state index in [1.54, 1.807) is 12.1 Å². The summed E-state index contributed by atoms with van der Waals surface area (Å²) in [5.41, 5.74) is 6.30. The smallest absolute Gasteiger partial charge is 0.213 e. The van der Waals surface area contributed by atoms with Gasteiger partial charge < -0.3 is 14.0 Å². The van der Waals surface area contributed by atoms with Crippen molar-refractivity contribution >= 4 is 10.9 Å². The van der Waals surface area contributed by atoms with Crippen LogP contribution in [0, 0.1) is 12.7 Å². The highest BCUT2D eigenvalue weighted by molar-refractivity contribution is 5.87. The average molecular weight is 407 g/mol. The zero-order chi connectivity index (χ0) is 20.5. The third-order valence-electron chi connectivity index (χ3n) is 7.38. The van der Waals surface area contributed by atoms with Gasteiger partial charge in [0.05, 0.1) is 19.8 Å². The molecule has 2 bridgehead atoms. The lowest BCUT2D eigenvalue weighted by Crippen LogP contribution is -2.37. The van der Waals surface area contributed by atoms with Gasteiger partial charge in [-0.3, -0.25) is 4.90 Å². The Hall–Kier alpha value is -2.21. The second-order valence-electron chi connectivity index (χ2n) is 9.04. The van der Waals surface area contributed by atoms with Crippen molar-refractivity contribution in [3.8, 4) is 0 Å². The number of hydrogen-bond donors (Lipinski definition) is 0. The lowest BCUT2D eigenvalue weighted by Gasteiger charge is -2.34. The molecule has 2 unspecified atom stereocenters. The number of rotatable bonds is 3. The fourth-order valence-corrected chi connectivity index (χ4v) is 5.86. The van der Waals surface area contributed by atoms with Crippen molar-refractivity contribution in [1.29, 1.82) is 0 Å². The van der Waals surface area contributed by atoms with Gasteiger partial charge in [-0.05, 0) is 56.6 Å². The number of aryl methyl sites for hydroxylation is 1. The van der Waals surface area contributed by atoms with Gasteiger partial charge >= 0.3 is 0 Å². The summed E-state index contributed by atoms with van der Waals surface area (Å²) in [5.74, 6) is -1.12. The summed E-state index contributed by atoms with van der Waals surface area (Å²) in [5, 5.41) is 1.36. The third kappa shape index (κ3) is 2.62. The SMILES string of the molecule is Cc1ccc2c(c1)c1c(n2CC2(c3ccc(F)cc3)OCCO2)CC2CCC1N2C. The summed E-state index contributed by atoms with van der Waals surface area (Å²) in [6.45, 7) is 3.84. The Morgan fingerprint density at radius 3 is 2.60 bits per heavy atom. The molecule has 30 heavy (non-hydrogen) atoms. The van der Waals surface area contributed by atoms with E-state index in [1.807, 2.05) is 0 Å². The molecule has 0 aliphatic carbocycles. The van der Waals surface area contributed by atoms with Gasteiger partial charge in [0, 0.05) is 40.7 Å². The van der Waals surface area contributed by atoms with Gasteiger partial charge in [-0.1, -0.05) is 23.8 Å². The maximum absolute atomic E-state index is 13.6. The Morgan fingerprint density at radius 1 is 1.07 bits per heavy atom. The van der Waals surface area contributed by atoms with Crippen molar-refractivity contribution in [2.75, 3.05) is 20.3 Å². The number of nitrogens with zero attached hydrogens (tertiary/aromatic N) is 2. The molecule has 4 heterocycles. The minimum absolute atomic E-state index is 0.245. The monoisotopic (exact) mass is 406 g/mol. The second kappa shape index (κ2) is 6.64. The summed E-state index contributed by atoms with van der Waals surface area (Å²) >= 11 is 0. The summed E-state index contributed by atoms with van der Waals surface area (Å²) in [6.07, 6.45) is 3.52. The van der Waals surface area contributed by atoms with Gasteiger partial charge in [0.15, 0.2) is 0 Å². The number of hydrogen-bond acceptors (Lipinski definition) is 3. The predicted octanol–water partition coefficient (Wildman–Crippen LogP) is 4.68. The van der Waals surface area contributed by atoms with Crippen LogP contribution in [-0.2, 0) is 28.2 Å². The van der Waals surface area contributed by atoms with Gasteiger partial charge in [-0.2, -0.15) is 0 Å². The maximum atomic E-state index is 13.6. The lowest BCUT2D eigenvalue weighted by atomic mass is 9.97. The lowest BCUT2D eigenvalue weighted by molar-refractivity contribution is -0.175. The normalized spacial score (nSPS) is 25.2. The molecule has 3 aliphatic heterocycles. The van der Waals surface area contributed by atoms with Crippen molar-refractivity contribution in [2.24, 2.45) is 0 Å². The molecule has 0 radical (unpaired) electrons. The Kier molecular flexibility index (Phi) is 4.11. The van der Waals surface area contributed by atoms with Crippen molar-refractivity contribution in [3.05, 3.63) is 70.7 Å². The standard InChI is InChI=1S/C25H27FN2O2/c1-16-3-9-21-20(13-16)24-22-10-8-19(27(22)2)14-23(24)28(21)15-25(29-11-12-30-25)17-4-6-18(26)7-5-17/h3-7,9,13,19,22H,8,10-12,14-15H2,1-2H3. The zero-order valence-corrected chi connectivity index (χ0v) is 17.5. The van der Waals surface area contributed by atoms with Crippen molar-refractivity contribution in [3.63, 3.8) is 0 Å². The van der Waals surface area contributed by atoms with Crippen LogP contribution in [0.1, 0.15) is 41.3 Å². The van der Waals surface area contributed by atoms with Crippen molar-refractivity contribution < 1.29 is 13.9 Å². The number of aromatic nitrogens is 1. The van der Waals surface area contributed by atoms with E-state index in [0.717, 1.165) is 12.0 Å². The van der Waals surface area contributed by atoms with Crippen LogP contribution in [0.4, 0.5) is 4.39 Å². The fraction of sp³-hybridized carbons (Fsp3) is 0.440. The van der Waals surface area contributed by atoms with Crippen LogP contribution in [0.2, 0.25) is 0 Å². The molecule has 0 N–H and O–H groups in total. The molecule has 2 aromatic carbocycles. The number of fused-ring (bicyclic) bond motifs is 6. The molecule has 0 saturated carbocycles. The van der Waals surface area contributed by atoms with Crippen LogP contribution < -0.4 is 0 Å². The highest BCUT2D eigenvalue weighted by Gasteiger charge is 2.44. The summed E-state index contributed by atoms with van der Waals surface area (Å²) in [4.78, 5) is 2.56. The molecule has 3 aromatic rings. The number of benzene rings is 2. The molecule has 5 heteroatoms. The number of ether oxygens (including phenoxy) is 2. The maximum Gasteiger partial charge on any atom is 0.213 e. The van der Waals surface area contributed by atoms with Gasteiger partial charge in [-0.15, -0.1) is 0 Å². The largest absolute Gasteiger partial charge is 0.342 e. The van der Waals surface area contributed by atoms with Crippen LogP contribution in [0.15, 0.2) is 42.5 Å². The van der Waals surface area contributed by atoms with Crippen LogP contribution in [-0.4, -0.2) is 35.8 Å². The van der Waals surface area contributed by atoms with E-state index in [1.165, 1.54) is 52.7 Å².